The molecule has 2 rings (SSSR count). The van der Waals surface area contributed by atoms with Gasteiger partial charge in [0.25, 0.3) is 0 Å². The zero-order chi connectivity index (χ0) is 14.0. The molecule has 7 heteroatoms. The van der Waals surface area contributed by atoms with E-state index in [1.54, 1.807) is 19.2 Å². The predicted molar refractivity (Wildman–Crippen MR) is 74.3 cm³/mol. The third kappa shape index (κ3) is 3.37. The average Bonchev–Trinajstić information content (AvgIpc) is 2.75. The van der Waals surface area contributed by atoms with E-state index < -0.39 is 10.0 Å². The van der Waals surface area contributed by atoms with E-state index >= 15 is 0 Å². The number of nitrogens with one attached hydrogen (secondary N) is 1. The van der Waals surface area contributed by atoms with Crippen LogP contribution in [0.25, 0.3) is 0 Å². The average molecular weight is 285 g/mol. The quantitative estimate of drug-likeness (QED) is 0.712. The number of nitrogen functional groups attached to an aromatic ring is 1. The molecule has 1 aromatic rings. The van der Waals surface area contributed by atoms with E-state index in [2.05, 4.69) is 5.32 Å². The van der Waals surface area contributed by atoms with Gasteiger partial charge >= 0.3 is 0 Å². The number of rotatable bonds is 4. The Labute approximate surface area is 113 Å². The zero-order valence-corrected chi connectivity index (χ0v) is 11.6. The predicted octanol–water partition coefficient (Wildman–Crippen LogP) is 0.896. The molecule has 19 heavy (non-hydrogen) atoms. The minimum Gasteiger partial charge on any atom is -0.398 e. The first-order chi connectivity index (χ1) is 8.90. The van der Waals surface area contributed by atoms with Gasteiger partial charge in [-0.3, -0.25) is 0 Å². The molecular weight excluding hydrogens is 266 g/mol. The highest BCUT2D eigenvalue weighted by Crippen LogP contribution is 2.27. The van der Waals surface area contributed by atoms with Gasteiger partial charge in [0.05, 0.1) is 11.8 Å². The summed E-state index contributed by atoms with van der Waals surface area (Å²) in [4.78, 5) is -0.0424. The van der Waals surface area contributed by atoms with Crippen molar-refractivity contribution in [1.29, 1.82) is 0 Å². The lowest BCUT2D eigenvalue weighted by atomic mass is 10.2. The normalized spacial score (nSPS) is 23.5. The van der Waals surface area contributed by atoms with Crippen molar-refractivity contribution in [2.75, 3.05) is 18.2 Å². The monoisotopic (exact) mass is 285 g/mol. The molecule has 0 bridgehead atoms. The maximum absolute atomic E-state index is 11.3. The van der Waals surface area contributed by atoms with Gasteiger partial charge in [-0.25, -0.2) is 13.6 Å². The largest absolute Gasteiger partial charge is 0.398 e. The van der Waals surface area contributed by atoms with Crippen LogP contribution < -0.4 is 16.2 Å². The molecule has 0 aromatic heterocycles. The first-order valence-electron chi connectivity index (χ1n) is 6.12. The minimum atomic E-state index is -3.76. The second kappa shape index (κ2) is 5.36. The van der Waals surface area contributed by atoms with Crippen molar-refractivity contribution in [2.45, 2.75) is 36.3 Å². The van der Waals surface area contributed by atoms with Crippen LogP contribution in [0.4, 0.5) is 11.4 Å². The molecule has 0 spiro atoms. The van der Waals surface area contributed by atoms with Crippen molar-refractivity contribution < 1.29 is 13.2 Å². The fraction of sp³-hybridized carbons (Fsp3) is 0.500. The number of ether oxygens (including phenoxy) is 1. The Bertz CT molecular complexity index is 559. The van der Waals surface area contributed by atoms with Gasteiger partial charge in [-0.05, 0) is 37.5 Å². The van der Waals surface area contributed by atoms with Gasteiger partial charge in [0.15, 0.2) is 0 Å². The molecule has 0 amide bonds. The standard InChI is InChI=1S/C12H19N3O3S/c1-18-10-4-2-8(6-10)15-9-3-5-12(11(13)7-9)19(14,16)17/h3,5,7-8,10,15H,2,4,6,13H2,1H3,(H2,14,16,17). The highest BCUT2D eigenvalue weighted by Gasteiger charge is 2.24. The molecule has 1 aliphatic rings. The van der Waals surface area contributed by atoms with Crippen LogP contribution in [0.1, 0.15) is 19.3 Å². The molecule has 2 unspecified atom stereocenters. The molecule has 0 saturated heterocycles. The highest BCUT2D eigenvalue weighted by molar-refractivity contribution is 7.89. The lowest BCUT2D eigenvalue weighted by Crippen LogP contribution is -2.18. The molecule has 1 fully saturated rings. The lowest BCUT2D eigenvalue weighted by Gasteiger charge is -2.15. The highest BCUT2D eigenvalue weighted by atomic mass is 32.2. The van der Waals surface area contributed by atoms with E-state index in [1.807, 2.05) is 0 Å². The summed E-state index contributed by atoms with van der Waals surface area (Å²) in [6.07, 6.45) is 3.28. The number of methoxy groups -OCH3 is 1. The van der Waals surface area contributed by atoms with Crippen molar-refractivity contribution in [1.82, 2.24) is 0 Å². The van der Waals surface area contributed by atoms with E-state index in [1.165, 1.54) is 6.07 Å². The Balaban J connectivity index is 2.09. The fourth-order valence-corrected chi connectivity index (χ4v) is 3.06. The fourth-order valence-electron chi connectivity index (χ4n) is 2.42. The number of sulfonamides is 1. The van der Waals surface area contributed by atoms with Crippen molar-refractivity contribution >= 4 is 21.4 Å². The summed E-state index contributed by atoms with van der Waals surface area (Å²) in [6.45, 7) is 0. The summed E-state index contributed by atoms with van der Waals surface area (Å²) in [5, 5.41) is 8.39. The third-order valence-corrected chi connectivity index (χ3v) is 4.39. The number of nitrogens with two attached hydrogens (primary N) is 2. The van der Waals surface area contributed by atoms with Gasteiger partial charge in [0.1, 0.15) is 4.90 Å². The van der Waals surface area contributed by atoms with Crippen LogP contribution in [0.15, 0.2) is 23.1 Å². The molecule has 6 nitrogen and oxygen atoms in total. The molecule has 2 atom stereocenters. The van der Waals surface area contributed by atoms with Crippen molar-refractivity contribution in [3.8, 4) is 0 Å². The molecule has 5 N–H and O–H groups in total. The topological polar surface area (TPSA) is 107 Å². The van der Waals surface area contributed by atoms with E-state index in [0.717, 1.165) is 24.9 Å². The van der Waals surface area contributed by atoms with E-state index in [0.29, 0.717) is 12.1 Å². The molecule has 1 aromatic carbocycles. The van der Waals surface area contributed by atoms with Crippen molar-refractivity contribution in [3.63, 3.8) is 0 Å². The van der Waals surface area contributed by atoms with E-state index in [-0.39, 0.29) is 10.6 Å². The van der Waals surface area contributed by atoms with E-state index in [9.17, 15) is 8.42 Å². The molecule has 0 radical (unpaired) electrons. The molecule has 106 valence electrons. The number of hydrogen-bond acceptors (Lipinski definition) is 5. The Morgan fingerprint density at radius 3 is 2.63 bits per heavy atom. The summed E-state index contributed by atoms with van der Waals surface area (Å²) in [6, 6.07) is 5.02. The second-order valence-corrected chi connectivity index (χ2v) is 6.34. The SMILES string of the molecule is COC1CCC(Nc2ccc(S(N)(=O)=O)c(N)c2)C1. The van der Waals surface area contributed by atoms with Gasteiger partial charge in [0.2, 0.25) is 10.0 Å². The van der Waals surface area contributed by atoms with Crippen LogP contribution in [-0.2, 0) is 14.8 Å². The van der Waals surface area contributed by atoms with Crippen LogP contribution >= 0.6 is 0 Å². The van der Waals surface area contributed by atoms with Crippen LogP contribution in [0.3, 0.4) is 0 Å². The molecule has 1 aliphatic carbocycles. The van der Waals surface area contributed by atoms with Gasteiger partial charge in [0, 0.05) is 18.8 Å². The Kier molecular flexibility index (Phi) is 3.98. The van der Waals surface area contributed by atoms with Crippen molar-refractivity contribution in [2.24, 2.45) is 5.14 Å². The maximum atomic E-state index is 11.3. The summed E-state index contributed by atoms with van der Waals surface area (Å²) in [5.74, 6) is 0. The second-order valence-electron chi connectivity index (χ2n) is 4.81. The van der Waals surface area contributed by atoms with Gasteiger partial charge < -0.3 is 15.8 Å². The molecular formula is C12H19N3O3S. The molecule has 0 aliphatic heterocycles. The minimum absolute atomic E-state index is 0.0424. The van der Waals surface area contributed by atoms with Crippen LogP contribution in [0.2, 0.25) is 0 Å². The number of benzene rings is 1. The summed E-state index contributed by atoms with van der Waals surface area (Å²) < 4.78 is 27.8. The van der Waals surface area contributed by atoms with Crippen LogP contribution in [-0.4, -0.2) is 27.7 Å². The number of anilines is 2. The van der Waals surface area contributed by atoms with Gasteiger partial charge in [-0.15, -0.1) is 0 Å². The first-order valence-corrected chi connectivity index (χ1v) is 7.66. The molecule has 1 saturated carbocycles. The lowest BCUT2D eigenvalue weighted by molar-refractivity contribution is 0.108. The number of hydrogen-bond donors (Lipinski definition) is 3. The Morgan fingerprint density at radius 1 is 1.37 bits per heavy atom. The van der Waals surface area contributed by atoms with Gasteiger partial charge in [-0.2, -0.15) is 0 Å². The Hall–Kier alpha value is -1.31. The smallest absolute Gasteiger partial charge is 0.240 e. The first kappa shape index (κ1) is 14.1. The van der Waals surface area contributed by atoms with Crippen LogP contribution in [0, 0.1) is 0 Å². The summed E-state index contributed by atoms with van der Waals surface area (Å²) in [7, 11) is -2.05. The van der Waals surface area contributed by atoms with Gasteiger partial charge in [-0.1, -0.05) is 0 Å². The van der Waals surface area contributed by atoms with E-state index in [4.69, 9.17) is 15.6 Å². The zero-order valence-electron chi connectivity index (χ0n) is 10.8. The van der Waals surface area contributed by atoms with Crippen LogP contribution in [0.5, 0.6) is 0 Å². The van der Waals surface area contributed by atoms with Crippen molar-refractivity contribution in [3.05, 3.63) is 18.2 Å². The summed E-state index contributed by atoms with van der Waals surface area (Å²) in [5.41, 5.74) is 6.67. The summed E-state index contributed by atoms with van der Waals surface area (Å²) >= 11 is 0. The number of primary sulfonamides is 1. The third-order valence-electron chi connectivity index (χ3n) is 3.40. The molecule has 0 heterocycles. The maximum Gasteiger partial charge on any atom is 0.240 e. The Morgan fingerprint density at radius 2 is 2.11 bits per heavy atom.